The highest BCUT2D eigenvalue weighted by molar-refractivity contribution is 9.10. The van der Waals surface area contributed by atoms with Crippen molar-refractivity contribution in [1.29, 1.82) is 0 Å². The summed E-state index contributed by atoms with van der Waals surface area (Å²) in [5, 5.41) is 0. The average molecular weight is 349 g/mol. The number of ether oxygens (including phenoxy) is 1. The van der Waals surface area contributed by atoms with Gasteiger partial charge in [0.1, 0.15) is 5.75 Å². The first-order valence-corrected chi connectivity index (χ1v) is 8.00. The van der Waals surface area contributed by atoms with Gasteiger partial charge in [-0.1, -0.05) is 13.8 Å². The highest BCUT2D eigenvalue weighted by Crippen LogP contribution is 2.41. The molecule has 1 unspecified atom stereocenters. The van der Waals surface area contributed by atoms with Crippen molar-refractivity contribution in [3.8, 4) is 11.4 Å². The van der Waals surface area contributed by atoms with E-state index in [9.17, 15) is 0 Å². The van der Waals surface area contributed by atoms with Crippen molar-refractivity contribution in [1.82, 2.24) is 4.57 Å². The molecule has 4 heteroatoms. The molecule has 0 spiro atoms. The summed E-state index contributed by atoms with van der Waals surface area (Å²) in [4.78, 5) is 0. The Bertz CT molecular complexity index is 675. The number of rotatable bonds is 2. The third kappa shape index (κ3) is 2.62. The van der Waals surface area contributed by atoms with Crippen LogP contribution in [0.4, 0.5) is 0 Å². The lowest BCUT2D eigenvalue weighted by Gasteiger charge is -2.34. The molecule has 1 aliphatic carbocycles. The molecule has 1 aliphatic rings. The standard InChI is InChI=1S/C17H21BrN2O/c1-17(2)9-14(19)12-6-7-20(15(12)10-17)11-4-5-13(18)16(8-11)21-3/h4-8,14H,9-10,19H2,1-3H3. The summed E-state index contributed by atoms with van der Waals surface area (Å²) in [7, 11) is 1.69. The van der Waals surface area contributed by atoms with Crippen LogP contribution in [0.1, 0.15) is 37.6 Å². The van der Waals surface area contributed by atoms with Gasteiger partial charge >= 0.3 is 0 Å². The van der Waals surface area contributed by atoms with Gasteiger partial charge < -0.3 is 15.0 Å². The van der Waals surface area contributed by atoms with Crippen molar-refractivity contribution in [2.75, 3.05) is 7.11 Å². The Hall–Kier alpha value is -1.26. The number of nitrogens with zero attached hydrogens (tertiary/aromatic N) is 1. The second kappa shape index (κ2) is 5.18. The summed E-state index contributed by atoms with van der Waals surface area (Å²) < 4.78 is 8.61. The highest BCUT2D eigenvalue weighted by Gasteiger charge is 2.32. The van der Waals surface area contributed by atoms with Gasteiger partial charge in [-0.2, -0.15) is 0 Å². The van der Waals surface area contributed by atoms with Crippen LogP contribution in [0.25, 0.3) is 5.69 Å². The number of hydrogen-bond donors (Lipinski definition) is 1. The molecule has 1 aromatic heterocycles. The van der Waals surface area contributed by atoms with Gasteiger partial charge in [0.05, 0.1) is 11.6 Å². The molecule has 0 aliphatic heterocycles. The first-order valence-electron chi connectivity index (χ1n) is 7.21. The van der Waals surface area contributed by atoms with Gasteiger partial charge in [-0.15, -0.1) is 0 Å². The Labute approximate surface area is 134 Å². The van der Waals surface area contributed by atoms with E-state index in [1.54, 1.807) is 7.11 Å². The van der Waals surface area contributed by atoms with Crippen LogP contribution in [0.15, 0.2) is 34.9 Å². The van der Waals surface area contributed by atoms with E-state index in [1.807, 2.05) is 6.07 Å². The Kier molecular flexibility index (Phi) is 3.62. The van der Waals surface area contributed by atoms with Gasteiger partial charge in [0.25, 0.3) is 0 Å². The number of fused-ring (bicyclic) bond motifs is 1. The minimum atomic E-state index is 0.127. The summed E-state index contributed by atoms with van der Waals surface area (Å²) in [6.45, 7) is 4.57. The van der Waals surface area contributed by atoms with Crippen LogP contribution in [0, 0.1) is 5.41 Å². The molecule has 0 saturated heterocycles. The fourth-order valence-electron chi connectivity index (χ4n) is 3.28. The maximum Gasteiger partial charge on any atom is 0.135 e. The first kappa shape index (κ1) is 14.7. The van der Waals surface area contributed by atoms with Crippen LogP contribution in [0.2, 0.25) is 0 Å². The second-order valence-electron chi connectivity index (χ2n) is 6.56. The van der Waals surface area contributed by atoms with Gasteiger partial charge in [0, 0.05) is 29.7 Å². The predicted molar refractivity (Wildman–Crippen MR) is 89.1 cm³/mol. The van der Waals surface area contributed by atoms with Crippen molar-refractivity contribution in [3.05, 3.63) is 46.2 Å². The minimum Gasteiger partial charge on any atom is -0.495 e. The Morgan fingerprint density at radius 1 is 1.33 bits per heavy atom. The molecule has 2 aromatic rings. The topological polar surface area (TPSA) is 40.2 Å². The zero-order chi connectivity index (χ0) is 15.2. The van der Waals surface area contributed by atoms with E-state index in [0.717, 1.165) is 28.8 Å². The summed E-state index contributed by atoms with van der Waals surface area (Å²) in [5.41, 5.74) is 10.3. The van der Waals surface area contributed by atoms with Crippen LogP contribution in [0.3, 0.4) is 0 Å². The molecule has 1 heterocycles. The summed E-state index contributed by atoms with van der Waals surface area (Å²) in [5.74, 6) is 0.842. The molecular weight excluding hydrogens is 328 g/mol. The summed E-state index contributed by atoms with van der Waals surface area (Å²) in [6, 6.07) is 8.46. The molecule has 2 N–H and O–H groups in total. The molecule has 0 bridgehead atoms. The molecule has 1 atom stereocenters. The molecule has 21 heavy (non-hydrogen) atoms. The minimum absolute atomic E-state index is 0.127. The summed E-state index contributed by atoms with van der Waals surface area (Å²) >= 11 is 3.50. The maximum absolute atomic E-state index is 6.35. The van der Waals surface area contributed by atoms with Crippen LogP contribution < -0.4 is 10.5 Å². The Morgan fingerprint density at radius 3 is 2.81 bits per heavy atom. The van der Waals surface area contributed by atoms with Crippen LogP contribution in [-0.2, 0) is 6.42 Å². The van der Waals surface area contributed by atoms with Gasteiger partial charge in [0.2, 0.25) is 0 Å². The Balaban J connectivity index is 2.09. The second-order valence-corrected chi connectivity index (χ2v) is 7.41. The van der Waals surface area contributed by atoms with E-state index in [-0.39, 0.29) is 11.5 Å². The van der Waals surface area contributed by atoms with Crippen molar-refractivity contribution in [3.63, 3.8) is 0 Å². The van der Waals surface area contributed by atoms with E-state index < -0.39 is 0 Å². The molecule has 112 valence electrons. The molecular formula is C17H21BrN2O. The average Bonchev–Trinajstić information content (AvgIpc) is 2.82. The number of methoxy groups -OCH3 is 1. The van der Waals surface area contributed by atoms with Gasteiger partial charge in [-0.05, 0) is 57.9 Å². The molecule has 1 aromatic carbocycles. The highest BCUT2D eigenvalue weighted by atomic mass is 79.9. The van der Waals surface area contributed by atoms with E-state index in [0.29, 0.717) is 0 Å². The van der Waals surface area contributed by atoms with Gasteiger partial charge in [0.15, 0.2) is 0 Å². The van der Waals surface area contributed by atoms with Crippen LogP contribution in [-0.4, -0.2) is 11.7 Å². The first-order chi connectivity index (χ1) is 9.91. The molecule has 0 radical (unpaired) electrons. The van der Waals surface area contributed by atoms with E-state index in [2.05, 4.69) is 58.7 Å². The number of nitrogens with two attached hydrogens (primary N) is 1. The van der Waals surface area contributed by atoms with E-state index in [4.69, 9.17) is 10.5 Å². The van der Waals surface area contributed by atoms with E-state index in [1.165, 1.54) is 11.3 Å². The largest absolute Gasteiger partial charge is 0.495 e. The van der Waals surface area contributed by atoms with Crippen molar-refractivity contribution in [2.45, 2.75) is 32.7 Å². The number of hydrogen-bond acceptors (Lipinski definition) is 2. The fourth-order valence-corrected chi connectivity index (χ4v) is 3.68. The smallest absolute Gasteiger partial charge is 0.135 e. The van der Waals surface area contributed by atoms with Gasteiger partial charge in [-0.25, -0.2) is 0 Å². The molecule has 3 nitrogen and oxygen atoms in total. The van der Waals surface area contributed by atoms with Crippen molar-refractivity contribution in [2.24, 2.45) is 11.1 Å². The third-order valence-electron chi connectivity index (χ3n) is 4.26. The third-order valence-corrected chi connectivity index (χ3v) is 4.91. The molecule has 3 rings (SSSR count). The Morgan fingerprint density at radius 2 is 2.10 bits per heavy atom. The lowest BCUT2D eigenvalue weighted by Crippen LogP contribution is -2.30. The summed E-state index contributed by atoms with van der Waals surface area (Å²) in [6.07, 6.45) is 4.20. The quantitative estimate of drug-likeness (QED) is 0.882. The van der Waals surface area contributed by atoms with Crippen molar-refractivity contribution >= 4 is 15.9 Å². The normalized spacial score (nSPS) is 20.1. The lowest BCUT2D eigenvalue weighted by molar-refractivity contribution is 0.278. The SMILES string of the molecule is COc1cc(-n2ccc3c2CC(C)(C)CC3N)ccc1Br. The zero-order valence-corrected chi connectivity index (χ0v) is 14.3. The predicted octanol–water partition coefficient (Wildman–Crippen LogP) is 4.22. The zero-order valence-electron chi connectivity index (χ0n) is 12.7. The maximum atomic E-state index is 6.35. The van der Waals surface area contributed by atoms with Gasteiger partial charge in [-0.3, -0.25) is 0 Å². The number of aromatic nitrogens is 1. The molecule has 0 amide bonds. The molecule has 0 saturated carbocycles. The van der Waals surface area contributed by atoms with E-state index >= 15 is 0 Å². The van der Waals surface area contributed by atoms with Crippen molar-refractivity contribution < 1.29 is 4.74 Å². The van der Waals surface area contributed by atoms with Crippen LogP contribution in [0.5, 0.6) is 5.75 Å². The fraction of sp³-hybridized carbons (Fsp3) is 0.412. The number of halogens is 1. The monoisotopic (exact) mass is 348 g/mol. The number of benzene rings is 1. The lowest BCUT2D eigenvalue weighted by atomic mass is 9.74. The molecule has 0 fully saturated rings. The van der Waals surface area contributed by atoms with Crippen LogP contribution >= 0.6 is 15.9 Å².